The van der Waals surface area contributed by atoms with Crippen LogP contribution in [0.3, 0.4) is 0 Å². The summed E-state index contributed by atoms with van der Waals surface area (Å²) in [5, 5.41) is 3.04. The highest BCUT2D eigenvalue weighted by atomic mass is 16.2. The summed E-state index contributed by atoms with van der Waals surface area (Å²) in [7, 11) is 0. The number of hydrogen-bond acceptors (Lipinski definition) is 1. The van der Waals surface area contributed by atoms with Crippen molar-refractivity contribution in [3.05, 3.63) is 0 Å². The van der Waals surface area contributed by atoms with Gasteiger partial charge in [0, 0.05) is 0 Å². The number of hydrogen-bond donors (Lipinski definition) is 1. The van der Waals surface area contributed by atoms with Crippen molar-refractivity contribution in [1.29, 1.82) is 0 Å². The van der Waals surface area contributed by atoms with Gasteiger partial charge in [0.25, 0.3) is 0 Å². The first kappa shape index (κ1) is 11.1. The smallest absolute Gasteiger partial charge is 0.227 e. The largest absolute Gasteiger partial charge is 0.345 e. The highest BCUT2D eigenvalue weighted by Crippen LogP contribution is 2.62. The van der Waals surface area contributed by atoms with E-state index >= 15 is 0 Å². The van der Waals surface area contributed by atoms with Gasteiger partial charge >= 0.3 is 0 Å². The molecule has 3 rings (SSSR count). The fourth-order valence-corrected chi connectivity index (χ4v) is 4.70. The van der Waals surface area contributed by atoms with Gasteiger partial charge in [0.1, 0.15) is 0 Å². The first-order chi connectivity index (χ1) is 8.24. The van der Waals surface area contributed by atoms with Crippen LogP contribution in [0.15, 0.2) is 0 Å². The van der Waals surface area contributed by atoms with Crippen LogP contribution in [-0.4, -0.2) is 12.5 Å². The second-order valence-corrected chi connectivity index (χ2v) is 6.15. The lowest BCUT2D eigenvalue weighted by Gasteiger charge is -2.43. The molecule has 3 aliphatic carbocycles. The lowest BCUT2D eigenvalue weighted by atomic mass is 9.61. The van der Waals surface area contributed by atoms with E-state index in [1.165, 1.54) is 25.7 Å². The predicted octanol–water partition coefficient (Wildman–Crippen LogP) is 2.34. The minimum absolute atomic E-state index is 0.00124. The minimum Gasteiger partial charge on any atom is -0.345 e. The molecule has 0 aliphatic heterocycles. The Kier molecular flexibility index (Phi) is 2.65. The number of fused-ring (bicyclic) bond motifs is 2. The van der Waals surface area contributed by atoms with E-state index in [2.05, 4.69) is 17.2 Å². The zero-order valence-electron chi connectivity index (χ0n) is 10.6. The van der Waals surface area contributed by atoms with Gasteiger partial charge in [0.2, 0.25) is 5.91 Å². The van der Waals surface area contributed by atoms with E-state index in [4.69, 9.17) is 0 Å². The third kappa shape index (κ3) is 1.68. The van der Waals surface area contributed by atoms with Gasteiger partial charge in [0.05, 0.1) is 12.0 Å². The van der Waals surface area contributed by atoms with Gasteiger partial charge in [0.15, 0.2) is 0 Å². The SMILES string of the molecule is CC#CCNC(=O)C12CC3CCC1CC(C3)C2. The zero-order valence-corrected chi connectivity index (χ0v) is 10.6. The maximum absolute atomic E-state index is 12.5. The summed E-state index contributed by atoms with van der Waals surface area (Å²) >= 11 is 0. The summed E-state index contributed by atoms with van der Waals surface area (Å²) in [5.74, 6) is 8.41. The van der Waals surface area contributed by atoms with Gasteiger partial charge in [-0.15, -0.1) is 5.92 Å². The average Bonchev–Trinajstić information content (AvgIpc) is 2.47. The molecule has 3 aliphatic rings. The van der Waals surface area contributed by atoms with Crippen LogP contribution in [0.2, 0.25) is 0 Å². The standard InChI is InChI=1S/C15H21NO/c1-2-3-6-16-14(17)15-9-11-4-5-13(15)8-12(7-11)10-15/h11-13H,4-10H2,1H3,(H,16,17). The summed E-state index contributed by atoms with van der Waals surface area (Å²) in [6, 6.07) is 0. The molecule has 0 aromatic carbocycles. The summed E-state index contributed by atoms with van der Waals surface area (Å²) in [4.78, 5) is 12.5. The molecule has 0 spiro atoms. The van der Waals surface area contributed by atoms with E-state index < -0.39 is 0 Å². The molecule has 0 radical (unpaired) electrons. The van der Waals surface area contributed by atoms with Gasteiger partial charge in [-0.3, -0.25) is 4.79 Å². The van der Waals surface area contributed by atoms with Crippen molar-refractivity contribution in [3.8, 4) is 11.8 Å². The minimum atomic E-state index is 0.00124. The van der Waals surface area contributed by atoms with Crippen molar-refractivity contribution in [2.24, 2.45) is 23.2 Å². The third-order valence-corrected chi connectivity index (χ3v) is 5.26. The van der Waals surface area contributed by atoms with Crippen LogP contribution in [0.4, 0.5) is 0 Å². The van der Waals surface area contributed by atoms with Gasteiger partial charge in [-0.05, 0) is 56.8 Å². The van der Waals surface area contributed by atoms with E-state index in [1.807, 2.05) is 6.92 Å². The first-order valence-corrected chi connectivity index (χ1v) is 6.92. The zero-order chi connectivity index (χ0) is 11.9. The van der Waals surface area contributed by atoms with Crippen LogP contribution in [0.25, 0.3) is 0 Å². The summed E-state index contributed by atoms with van der Waals surface area (Å²) in [6.07, 6.45) is 7.65. The van der Waals surface area contributed by atoms with E-state index in [1.54, 1.807) is 0 Å². The fraction of sp³-hybridized carbons (Fsp3) is 0.800. The van der Waals surface area contributed by atoms with Gasteiger partial charge in [-0.1, -0.05) is 12.3 Å². The van der Waals surface area contributed by atoms with Crippen LogP contribution in [0.5, 0.6) is 0 Å². The van der Waals surface area contributed by atoms with Crippen LogP contribution in [-0.2, 0) is 4.79 Å². The molecule has 3 saturated carbocycles. The number of rotatable bonds is 2. The molecule has 0 aromatic rings. The number of amides is 1. The number of carbonyl (C=O) groups is 1. The van der Waals surface area contributed by atoms with Crippen LogP contribution < -0.4 is 5.32 Å². The molecule has 92 valence electrons. The molecule has 0 heterocycles. The lowest BCUT2D eigenvalue weighted by Crippen LogP contribution is -2.48. The summed E-state index contributed by atoms with van der Waals surface area (Å²) in [5.41, 5.74) is 0.00124. The quantitative estimate of drug-likeness (QED) is 0.726. The molecule has 2 nitrogen and oxygen atoms in total. The van der Waals surface area contributed by atoms with Crippen molar-refractivity contribution < 1.29 is 4.79 Å². The Balaban J connectivity index is 1.76. The molecular weight excluding hydrogens is 210 g/mol. The van der Waals surface area contributed by atoms with Crippen molar-refractivity contribution in [3.63, 3.8) is 0 Å². The Morgan fingerprint density at radius 2 is 2.12 bits per heavy atom. The number of carbonyl (C=O) groups excluding carboxylic acids is 1. The van der Waals surface area contributed by atoms with E-state index in [0.29, 0.717) is 18.4 Å². The van der Waals surface area contributed by atoms with Gasteiger partial charge in [-0.2, -0.15) is 0 Å². The summed E-state index contributed by atoms with van der Waals surface area (Å²) in [6.45, 7) is 2.34. The average molecular weight is 231 g/mol. The molecule has 0 saturated heterocycles. The third-order valence-electron chi connectivity index (χ3n) is 5.26. The van der Waals surface area contributed by atoms with Gasteiger partial charge in [-0.25, -0.2) is 0 Å². The fourth-order valence-electron chi connectivity index (χ4n) is 4.70. The normalized spacial score (nSPS) is 41.8. The molecular formula is C15H21NO. The maximum atomic E-state index is 12.5. The van der Waals surface area contributed by atoms with E-state index in [0.717, 1.165) is 24.7 Å². The van der Waals surface area contributed by atoms with Crippen molar-refractivity contribution in [1.82, 2.24) is 5.32 Å². The van der Waals surface area contributed by atoms with Crippen LogP contribution >= 0.6 is 0 Å². The van der Waals surface area contributed by atoms with Crippen LogP contribution in [0.1, 0.15) is 45.4 Å². The Morgan fingerprint density at radius 1 is 1.29 bits per heavy atom. The van der Waals surface area contributed by atoms with Crippen molar-refractivity contribution in [2.45, 2.75) is 45.4 Å². The maximum Gasteiger partial charge on any atom is 0.227 e. The molecule has 1 N–H and O–H groups in total. The molecule has 2 heteroatoms. The van der Waals surface area contributed by atoms with E-state index in [9.17, 15) is 4.79 Å². The van der Waals surface area contributed by atoms with Crippen molar-refractivity contribution >= 4 is 5.91 Å². The molecule has 17 heavy (non-hydrogen) atoms. The first-order valence-electron chi connectivity index (χ1n) is 6.92. The molecule has 3 fully saturated rings. The monoisotopic (exact) mass is 231 g/mol. The Hall–Kier alpha value is -0.970. The van der Waals surface area contributed by atoms with Crippen LogP contribution in [0, 0.1) is 35.0 Å². The van der Waals surface area contributed by atoms with Crippen molar-refractivity contribution in [2.75, 3.05) is 6.54 Å². The molecule has 3 bridgehead atoms. The molecule has 1 amide bonds. The lowest BCUT2D eigenvalue weighted by molar-refractivity contribution is -0.137. The molecule has 0 aromatic heterocycles. The second kappa shape index (κ2) is 4.05. The van der Waals surface area contributed by atoms with E-state index in [-0.39, 0.29) is 5.41 Å². The summed E-state index contributed by atoms with van der Waals surface area (Å²) < 4.78 is 0. The predicted molar refractivity (Wildman–Crippen MR) is 67.1 cm³/mol. The molecule has 4 atom stereocenters. The van der Waals surface area contributed by atoms with Gasteiger partial charge < -0.3 is 5.32 Å². The molecule has 4 unspecified atom stereocenters. The topological polar surface area (TPSA) is 29.1 Å². The highest BCUT2D eigenvalue weighted by Gasteiger charge is 2.58. The second-order valence-electron chi connectivity index (χ2n) is 6.15. The Morgan fingerprint density at radius 3 is 2.94 bits per heavy atom. The Labute approximate surface area is 104 Å². The Bertz CT molecular complexity index is 391. The number of nitrogens with one attached hydrogen (secondary N) is 1. The highest BCUT2D eigenvalue weighted by molar-refractivity contribution is 5.84.